The molecule has 126 valence electrons. The Balaban J connectivity index is 3.38. The van der Waals surface area contributed by atoms with Crippen molar-refractivity contribution in [3.8, 4) is 6.07 Å². The molecule has 1 aliphatic carbocycles. The predicted molar refractivity (Wildman–Crippen MR) is 84.8 cm³/mol. The first kappa shape index (κ1) is 19.3. The molecule has 1 rings (SSSR count). The third-order valence-electron chi connectivity index (χ3n) is 5.55. The van der Waals surface area contributed by atoms with E-state index < -0.39 is 37.9 Å². The van der Waals surface area contributed by atoms with Gasteiger partial charge in [-0.1, -0.05) is 34.6 Å². The average molecular weight is 331 g/mol. The van der Waals surface area contributed by atoms with Gasteiger partial charge in [0.05, 0.1) is 23.7 Å². The van der Waals surface area contributed by atoms with Gasteiger partial charge < -0.3 is 9.53 Å². The molecule has 3 nitrogen and oxygen atoms in total. The summed E-state index contributed by atoms with van der Waals surface area (Å²) in [6.07, 6.45) is -3.85. The highest BCUT2D eigenvalue weighted by molar-refractivity contribution is 6.74. The molecular formula is C16H27F2NO2Si. The Morgan fingerprint density at radius 2 is 1.91 bits per heavy atom. The van der Waals surface area contributed by atoms with Crippen molar-refractivity contribution in [1.29, 1.82) is 5.26 Å². The van der Waals surface area contributed by atoms with E-state index in [1.54, 1.807) is 13.8 Å². The van der Waals surface area contributed by atoms with Crippen LogP contribution in [0, 0.1) is 22.7 Å². The summed E-state index contributed by atoms with van der Waals surface area (Å²) in [7, 11) is -2.35. The molecular weight excluding hydrogens is 304 g/mol. The molecule has 22 heavy (non-hydrogen) atoms. The molecule has 0 radical (unpaired) electrons. The molecule has 1 N–H and O–H groups in total. The molecule has 0 aromatic carbocycles. The van der Waals surface area contributed by atoms with Crippen LogP contribution in [-0.2, 0) is 4.43 Å². The van der Waals surface area contributed by atoms with Gasteiger partial charge in [0.15, 0.2) is 8.32 Å². The molecule has 1 aliphatic rings. The first-order chi connectivity index (χ1) is 9.85. The van der Waals surface area contributed by atoms with Gasteiger partial charge in [-0.25, -0.2) is 0 Å². The largest absolute Gasteiger partial charge is 0.407 e. The Morgan fingerprint density at radius 1 is 1.41 bits per heavy atom. The number of nitrogens with zero attached hydrogens (tertiary/aromatic N) is 1. The van der Waals surface area contributed by atoms with E-state index in [1.165, 1.54) is 0 Å². The van der Waals surface area contributed by atoms with Crippen molar-refractivity contribution < 1.29 is 18.3 Å². The first-order valence-corrected chi connectivity index (χ1v) is 10.6. The Hall–Kier alpha value is -0.773. The minimum atomic E-state index is -2.35. The van der Waals surface area contributed by atoms with Crippen molar-refractivity contribution in [3.05, 3.63) is 11.7 Å². The fourth-order valence-corrected chi connectivity index (χ4v) is 4.12. The normalized spacial score (nSPS) is 33.0. The molecule has 0 amide bonds. The van der Waals surface area contributed by atoms with Gasteiger partial charge >= 0.3 is 0 Å². The summed E-state index contributed by atoms with van der Waals surface area (Å²) < 4.78 is 33.3. The lowest BCUT2D eigenvalue weighted by molar-refractivity contribution is 0.0336. The first-order valence-electron chi connectivity index (χ1n) is 7.68. The van der Waals surface area contributed by atoms with E-state index in [2.05, 4.69) is 0 Å². The van der Waals surface area contributed by atoms with E-state index in [0.717, 1.165) is 0 Å². The van der Waals surface area contributed by atoms with Crippen molar-refractivity contribution in [2.75, 3.05) is 0 Å². The lowest BCUT2D eigenvalue weighted by atomic mass is 9.75. The van der Waals surface area contributed by atoms with Gasteiger partial charge in [-0.15, -0.1) is 0 Å². The molecule has 0 aromatic heterocycles. The van der Waals surface area contributed by atoms with Crippen LogP contribution < -0.4 is 0 Å². The Bertz CT molecular complexity index is 503. The van der Waals surface area contributed by atoms with Crippen molar-refractivity contribution in [3.63, 3.8) is 0 Å². The van der Waals surface area contributed by atoms with E-state index >= 15 is 0 Å². The van der Waals surface area contributed by atoms with Crippen LogP contribution in [0.2, 0.25) is 18.1 Å². The van der Waals surface area contributed by atoms with Crippen LogP contribution in [0.25, 0.3) is 0 Å². The van der Waals surface area contributed by atoms with Gasteiger partial charge in [0.1, 0.15) is 0 Å². The predicted octanol–water partition coefficient (Wildman–Crippen LogP) is 4.46. The highest BCUT2D eigenvalue weighted by Gasteiger charge is 2.58. The summed E-state index contributed by atoms with van der Waals surface area (Å²) in [5.41, 5.74) is -1.67. The number of aliphatic hydroxyl groups excluding tert-OH is 1. The molecule has 0 bridgehead atoms. The van der Waals surface area contributed by atoms with Crippen LogP contribution in [0.15, 0.2) is 11.7 Å². The van der Waals surface area contributed by atoms with Gasteiger partial charge in [0.2, 0.25) is 0 Å². The number of rotatable bonds is 3. The van der Waals surface area contributed by atoms with E-state index in [4.69, 9.17) is 4.43 Å². The van der Waals surface area contributed by atoms with Crippen LogP contribution in [-0.4, -0.2) is 25.6 Å². The smallest absolute Gasteiger partial charge is 0.273 e. The van der Waals surface area contributed by atoms with Crippen LogP contribution >= 0.6 is 0 Å². The molecule has 0 heterocycles. The second-order valence-corrected chi connectivity index (χ2v) is 12.4. The van der Waals surface area contributed by atoms with Gasteiger partial charge in [0, 0.05) is 11.5 Å². The third-order valence-corrected chi connectivity index (χ3v) is 10.0. The van der Waals surface area contributed by atoms with Gasteiger partial charge in [-0.2, -0.15) is 14.0 Å². The SMILES string of the molecule is CC[C@]1(C#N)C(=C(F)F)[C@H](O[Si](C)(C)C(C)(C)C)[C@H](O)[C@@H]1C. The van der Waals surface area contributed by atoms with E-state index in [-0.39, 0.29) is 17.0 Å². The van der Waals surface area contributed by atoms with Gasteiger partial charge in [-0.3, -0.25) is 0 Å². The zero-order valence-corrected chi connectivity index (χ0v) is 15.5. The van der Waals surface area contributed by atoms with Crippen molar-refractivity contribution in [1.82, 2.24) is 0 Å². The standard InChI is InChI=1S/C16H27F2NO2Si/c1-8-16(9-19)10(2)12(20)13(11(16)14(17)18)21-22(6,7)15(3,4)5/h10,12-13,20H,8H2,1-7H3/t10-,12+,13-,16+/m0/s1. The number of hydrogen-bond acceptors (Lipinski definition) is 3. The van der Waals surface area contributed by atoms with Crippen molar-refractivity contribution in [2.24, 2.45) is 11.3 Å². The van der Waals surface area contributed by atoms with Crippen LogP contribution in [0.1, 0.15) is 41.0 Å². The van der Waals surface area contributed by atoms with Gasteiger partial charge in [-0.05, 0) is 24.6 Å². The lowest BCUT2D eigenvalue weighted by Gasteiger charge is -2.39. The lowest BCUT2D eigenvalue weighted by Crippen LogP contribution is -2.46. The molecule has 1 fully saturated rings. The molecule has 0 saturated heterocycles. The van der Waals surface area contributed by atoms with Crippen LogP contribution in [0.5, 0.6) is 0 Å². The molecule has 0 spiro atoms. The van der Waals surface area contributed by atoms with Crippen molar-refractivity contribution >= 4 is 8.32 Å². The highest BCUT2D eigenvalue weighted by atomic mass is 28.4. The monoisotopic (exact) mass is 331 g/mol. The maximum absolute atomic E-state index is 13.6. The van der Waals surface area contributed by atoms with Crippen LogP contribution in [0.4, 0.5) is 8.78 Å². The number of aliphatic hydroxyl groups is 1. The van der Waals surface area contributed by atoms with Crippen molar-refractivity contribution in [2.45, 2.75) is 71.4 Å². The number of hydrogen-bond donors (Lipinski definition) is 1. The maximum atomic E-state index is 13.6. The highest BCUT2D eigenvalue weighted by Crippen LogP contribution is 2.54. The average Bonchev–Trinajstić information content (AvgIpc) is 2.59. The van der Waals surface area contributed by atoms with E-state index in [0.29, 0.717) is 0 Å². The Labute approximate surface area is 133 Å². The second-order valence-electron chi connectivity index (χ2n) is 7.69. The van der Waals surface area contributed by atoms with Crippen LogP contribution in [0.3, 0.4) is 0 Å². The number of nitriles is 1. The molecule has 0 aliphatic heterocycles. The second kappa shape index (κ2) is 6.03. The molecule has 0 aromatic rings. The third kappa shape index (κ3) is 2.86. The summed E-state index contributed by atoms with van der Waals surface area (Å²) in [6.45, 7) is 13.3. The minimum Gasteiger partial charge on any atom is -0.407 e. The molecule has 0 unspecified atom stereocenters. The summed E-state index contributed by atoms with van der Waals surface area (Å²) in [5, 5.41) is 19.8. The van der Waals surface area contributed by atoms with E-state index in [1.807, 2.05) is 39.9 Å². The molecule has 1 saturated carbocycles. The summed E-state index contributed by atoms with van der Waals surface area (Å²) in [6, 6.07) is 2.03. The summed E-state index contributed by atoms with van der Waals surface area (Å²) in [4.78, 5) is 0. The fourth-order valence-electron chi connectivity index (χ4n) is 2.88. The van der Waals surface area contributed by atoms with Gasteiger partial charge in [0.25, 0.3) is 6.08 Å². The Kier molecular flexibility index (Phi) is 5.28. The minimum absolute atomic E-state index is 0.169. The van der Waals surface area contributed by atoms with E-state index in [9.17, 15) is 19.1 Å². The summed E-state index contributed by atoms with van der Waals surface area (Å²) >= 11 is 0. The Morgan fingerprint density at radius 3 is 2.23 bits per heavy atom. The topological polar surface area (TPSA) is 53.2 Å². The molecule has 6 heteroatoms. The zero-order chi connectivity index (χ0) is 17.5. The number of halogens is 2. The summed E-state index contributed by atoms with van der Waals surface area (Å²) in [5.74, 6) is -0.589. The zero-order valence-electron chi connectivity index (χ0n) is 14.5. The fraction of sp³-hybridized carbons (Fsp3) is 0.812. The molecule has 4 atom stereocenters. The quantitative estimate of drug-likeness (QED) is 0.777. The maximum Gasteiger partial charge on any atom is 0.273 e.